The minimum absolute atomic E-state index is 0.0367. The second-order valence-corrected chi connectivity index (χ2v) is 4.92. The summed E-state index contributed by atoms with van der Waals surface area (Å²) in [6.07, 6.45) is 2.78. The third-order valence-corrected chi connectivity index (χ3v) is 3.14. The first-order valence-corrected chi connectivity index (χ1v) is 6.68. The number of carbonyl (C=O) groups excluding carboxylic acids is 2. The number of Topliss-reactive ketones (excluding diaryl/α,β-unsaturated/α-hetero) is 1. The molecule has 0 spiro atoms. The Balaban J connectivity index is 1.98. The predicted molar refractivity (Wildman–Crippen MR) is 72.1 cm³/mol. The molecule has 1 amide bonds. The van der Waals surface area contributed by atoms with Gasteiger partial charge in [-0.3, -0.25) is 9.59 Å². The van der Waals surface area contributed by atoms with Gasteiger partial charge in [0.15, 0.2) is 6.10 Å². The van der Waals surface area contributed by atoms with Gasteiger partial charge in [-0.25, -0.2) is 0 Å². The molecule has 1 aliphatic heterocycles. The Labute approximate surface area is 113 Å². The molecule has 1 aromatic carbocycles. The number of hydrogen-bond acceptors (Lipinski definition) is 3. The number of nitrogens with one attached hydrogen (secondary N) is 1. The van der Waals surface area contributed by atoms with Crippen LogP contribution in [-0.4, -0.2) is 24.3 Å². The Morgan fingerprint density at radius 2 is 2.05 bits per heavy atom. The van der Waals surface area contributed by atoms with E-state index in [0.29, 0.717) is 12.2 Å². The lowest BCUT2D eigenvalue weighted by molar-refractivity contribution is -0.127. The number of ether oxygens (including phenoxy) is 1. The summed E-state index contributed by atoms with van der Waals surface area (Å²) in [7, 11) is 0. The van der Waals surface area contributed by atoms with E-state index in [1.54, 1.807) is 6.92 Å². The summed E-state index contributed by atoms with van der Waals surface area (Å²) in [5, 5.41) is 2.84. The van der Waals surface area contributed by atoms with Gasteiger partial charge in [-0.15, -0.1) is 0 Å². The van der Waals surface area contributed by atoms with E-state index in [-0.39, 0.29) is 11.7 Å². The van der Waals surface area contributed by atoms with Crippen molar-refractivity contribution in [2.45, 2.75) is 38.7 Å². The van der Waals surface area contributed by atoms with E-state index < -0.39 is 6.10 Å². The van der Waals surface area contributed by atoms with Gasteiger partial charge in [-0.2, -0.15) is 0 Å². The zero-order valence-electron chi connectivity index (χ0n) is 11.1. The molecule has 4 heteroatoms. The Morgan fingerprint density at radius 3 is 2.74 bits per heavy atom. The molecule has 0 aliphatic carbocycles. The second-order valence-electron chi connectivity index (χ2n) is 4.92. The summed E-state index contributed by atoms with van der Waals surface area (Å²) >= 11 is 0. The smallest absolute Gasteiger partial charge is 0.261 e. The van der Waals surface area contributed by atoms with Crippen LogP contribution in [0.2, 0.25) is 0 Å². The van der Waals surface area contributed by atoms with E-state index in [0.717, 1.165) is 31.4 Å². The minimum Gasteiger partial charge on any atom is -0.481 e. The van der Waals surface area contributed by atoms with E-state index in [1.165, 1.54) is 0 Å². The highest BCUT2D eigenvalue weighted by molar-refractivity contribution is 5.81. The number of ketones is 1. The molecule has 0 radical (unpaired) electrons. The van der Waals surface area contributed by atoms with Crippen molar-refractivity contribution in [3.63, 3.8) is 0 Å². The minimum atomic E-state index is -0.402. The summed E-state index contributed by atoms with van der Waals surface area (Å²) in [5.41, 5.74) is 0.963. The average Bonchev–Trinajstić information content (AvgIpc) is 2.57. The van der Waals surface area contributed by atoms with E-state index in [4.69, 9.17) is 4.74 Å². The number of hydrogen-bond donors (Lipinski definition) is 1. The van der Waals surface area contributed by atoms with Crippen molar-refractivity contribution in [3.05, 3.63) is 29.8 Å². The van der Waals surface area contributed by atoms with Crippen molar-refractivity contribution in [3.8, 4) is 5.75 Å². The first kappa shape index (κ1) is 13.6. The summed E-state index contributed by atoms with van der Waals surface area (Å²) in [5.74, 6) is 0.775. The van der Waals surface area contributed by atoms with Gasteiger partial charge in [0.25, 0.3) is 5.91 Å². The van der Waals surface area contributed by atoms with Crippen LogP contribution in [0.4, 0.5) is 0 Å². The van der Waals surface area contributed by atoms with Crippen molar-refractivity contribution in [1.29, 1.82) is 0 Å². The number of benzene rings is 1. The highest BCUT2D eigenvalue weighted by atomic mass is 16.5. The van der Waals surface area contributed by atoms with Gasteiger partial charge in [-0.05, 0) is 43.9 Å². The van der Waals surface area contributed by atoms with Crippen molar-refractivity contribution in [1.82, 2.24) is 5.32 Å². The zero-order chi connectivity index (χ0) is 13.7. The molecule has 1 atom stereocenters. The van der Waals surface area contributed by atoms with Gasteiger partial charge in [0, 0.05) is 13.0 Å². The molecule has 4 nitrogen and oxygen atoms in total. The molecule has 1 N–H and O–H groups in total. The first-order valence-electron chi connectivity index (χ1n) is 6.68. The summed E-state index contributed by atoms with van der Waals surface area (Å²) < 4.78 is 5.71. The molecule has 1 aromatic rings. The molecule has 1 aliphatic rings. The molecule has 2 rings (SSSR count). The molecule has 1 fully saturated rings. The Bertz CT molecular complexity index is 453. The summed E-state index contributed by atoms with van der Waals surface area (Å²) in [4.78, 5) is 22.8. The van der Waals surface area contributed by atoms with Crippen molar-refractivity contribution < 1.29 is 14.3 Å². The molecule has 0 bridgehead atoms. The maximum atomic E-state index is 11.8. The highest BCUT2D eigenvalue weighted by Gasteiger charge is 2.22. The topological polar surface area (TPSA) is 55.4 Å². The van der Waals surface area contributed by atoms with Crippen LogP contribution in [0.15, 0.2) is 24.3 Å². The fourth-order valence-corrected chi connectivity index (χ4v) is 2.16. The maximum absolute atomic E-state index is 11.8. The monoisotopic (exact) mass is 261 g/mol. The molecule has 0 aromatic heterocycles. The van der Waals surface area contributed by atoms with Crippen LogP contribution in [0.5, 0.6) is 5.75 Å². The number of amides is 1. The van der Waals surface area contributed by atoms with E-state index in [9.17, 15) is 9.59 Å². The molecule has 0 saturated carbocycles. The first-order chi connectivity index (χ1) is 9.15. The van der Waals surface area contributed by atoms with E-state index in [1.807, 2.05) is 24.3 Å². The molecule has 1 unspecified atom stereocenters. The summed E-state index contributed by atoms with van der Waals surface area (Å²) in [6, 6.07) is 7.36. The van der Waals surface area contributed by atoms with Crippen LogP contribution < -0.4 is 10.1 Å². The molecular formula is C15H19NO3. The quantitative estimate of drug-likeness (QED) is 0.900. The van der Waals surface area contributed by atoms with Gasteiger partial charge < -0.3 is 10.1 Å². The van der Waals surface area contributed by atoms with Crippen LogP contribution in [0.25, 0.3) is 0 Å². The number of rotatable bonds is 4. The van der Waals surface area contributed by atoms with Crippen LogP contribution in [0, 0.1) is 0 Å². The van der Waals surface area contributed by atoms with Gasteiger partial charge in [-0.1, -0.05) is 12.1 Å². The fourth-order valence-electron chi connectivity index (χ4n) is 2.16. The lowest BCUT2D eigenvalue weighted by atomic mass is 10.1. The molecule has 1 heterocycles. The molecule has 19 heavy (non-hydrogen) atoms. The molecule has 102 valence electrons. The van der Waals surface area contributed by atoms with Crippen LogP contribution in [0.1, 0.15) is 31.7 Å². The van der Waals surface area contributed by atoms with Gasteiger partial charge >= 0.3 is 0 Å². The Hall–Kier alpha value is -1.84. The lowest BCUT2D eigenvalue weighted by Crippen LogP contribution is -2.36. The highest BCUT2D eigenvalue weighted by Crippen LogP contribution is 2.17. The van der Waals surface area contributed by atoms with Crippen LogP contribution >= 0.6 is 0 Å². The standard InChI is InChI=1S/C15H19NO3/c1-11(17)10-12-5-7-13(8-6-12)19-14-4-2-3-9-16-15(14)18/h5-8,14H,2-4,9-10H2,1H3,(H,16,18). The van der Waals surface area contributed by atoms with Crippen molar-refractivity contribution in [2.75, 3.05) is 6.54 Å². The van der Waals surface area contributed by atoms with Gasteiger partial charge in [0.05, 0.1) is 0 Å². The van der Waals surface area contributed by atoms with Crippen LogP contribution in [0.3, 0.4) is 0 Å². The normalized spacial score (nSPS) is 19.4. The Morgan fingerprint density at radius 1 is 1.32 bits per heavy atom. The van der Waals surface area contributed by atoms with Gasteiger partial charge in [0.1, 0.15) is 11.5 Å². The van der Waals surface area contributed by atoms with Crippen molar-refractivity contribution in [2.24, 2.45) is 0 Å². The van der Waals surface area contributed by atoms with E-state index in [2.05, 4.69) is 5.32 Å². The maximum Gasteiger partial charge on any atom is 0.261 e. The average molecular weight is 261 g/mol. The largest absolute Gasteiger partial charge is 0.481 e. The zero-order valence-corrected chi connectivity index (χ0v) is 11.1. The summed E-state index contributed by atoms with van der Waals surface area (Å²) in [6.45, 7) is 2.30. The third kappa shape index (κ3) is 4.09. The third-order valence-electron chi connectivity index (χ3n) is 3.14. The van der Waals surface area contributed by atoms with Crippen molar-refractivity contribution >= 4 is 11.7 Å². The predicted octanol–water partition coefficient (Wildman–Crippen LogP) is 1.87. The number of carbonyl (C=O) groups is 2. The fraction of sp³-hybridized carbons (Fsp3) is 0.467. The van der Waals surface area contributed by atoms with Crippen LogP contribution in [-0.2, 0) is 16.0 Å². The molecule has 1 saturated heterocycles. The van der Waals surface area contributed by atoms with E-state index >= 15 is 0 Å². The lowest BCUT2D eigenvalue weighted by Gasteiger charge is -2.16. The Kier molecular flexibility index (Phi) is 4.55. The molecular weight excluding hydrogens is 242 g/mol. The van der Waals surface area contributed by atoms with Gasteiger partial charge in [0.2, 0.25) is 0 Å². The second kappa shape index (κ2) is 6.36. The SMILES string of the molecule is CC(=O)Cc1ccc(OC2CCCCNC2=O)cc1.